The lowest BCUT2D eigenvalue weighted by Crippen LogP contribution is -2.40. The van der Waals surface area contributed by atoms with Crippen LogP contribution in [0.5, 0.6) is 0 Å². The van der Waals surface area contributed by atoms with Crippen molar-refractivity contribution in [1.82, 2.24) is 19.1 Å². The van der Waals surface area contributed by atoms with Crippen LogP contribution in [0.4, 0.5) is 5.69 Å². The number of pyridine rings is 1. The Hall–Kier alpha value is -1.91. The summed E-state index contributed by atoms with van der Waals surface area (Å²) in [5, 5.41) is 17.7. The van der Waals surface area contributed by atoms with E-state index in [2.05, 4.69) is 15.4 Å². The Morgan fingerprint density at radius 1 is 1.46 bits per heavy atom. The van der Waals surface area contributed by atoms with E-state index in [4.69, 9.17) is 21.5 Å². The number of hydrogen-bond donors (Lipinski definition) is 3. The third-order valence-corrected chi connectivity index (χ3v) is 7.28. The number of nitrogens with zero attached hydrogens (tertiary/aromatic N) is 4. The SMILES string of the molecule is CCn1nc(Cl)c2c(NCC3CCN(S(=N)(=O)CCC(=O)O)CC3)ccnc21. The number of hydrogen-bond acceptors (Lipinski definition) is 6. The molecule has 0 radical (unpaired) electrons. The van der Waals surface area contributed by atoms with Crippen molar-refractivity contribution in [3.8, 4) is 0 Å². The Kier molecular flexibility index (Phi) is 6.41. The van der Waals surface area contributed by atoms with Gasteiger partial charge in [-0.3, -0.25) is 4.79 Å². The number of aliphatic carboxylic acids is 1. The fourth-order valence-electron chi connectivity index (χ4n) is 3.44. The maximum absolute atomic E-state index is 12.4. The van der Waals surface area contributed by atoms with E-state index >= 15 is 0 Å². The van der Waals surface area contributed by atoms with Crippen LogP contribution in [0.3, 0.4) is 0 Å². The van der Waals surface area contributed by atoms with Crippen molar-refractivity contribution >= 4 is 44.2 Å². The van der Waals surface area contributed by atoms with Crippen molar-refractivity contribution in [2.45, 2.75) is 32.7 Å². The van der Waals surface area contributed by atoms with Crippen LogP contribution in [-0.2, 0) is 21.3 Å². The third kappa shape index (κ3) is 4.56. The summed E-state index contributed by atoms with van der Waals surface area (Å²) in [4.78, 5) is 15.1. The molecule has 1 atom stereocenters. The Labute approximate surface area is 169 Å². The largest absolute Gasteiger partial charge is 0.481 e. The zero-order valence-corrected chi connectivity index (χ0v) is 17.3. The summed E-state index contributed by atoms with van der Waals surface area (Å²) in [7, 11) is -3.01. The molecule has 0 aliphatic carbocycles. The number of halogens is 1. The van der Waals surface area contributed by atoms with Crippen LogP contribution in [0.1, 0.15) is 26.2 Å². The van der Waals surface area contributed by atoms with Crippen molar-refractivity contribution in [2.75, 3.05) is 30.7 Å². The predicted molar refractivity (Wildman–Crippen MR) is 109 cm³/mol. The van der Waals surface area contributed by atoms with Gasteiger partial charge >= 0.3 is 5.97 Å². The molecule has 1 aliphatic rings. The van der Waals surface area contributed by atoms with Gasteiger partial charge in [0.25, 0.3) is 0 Å². The monoisotopic (exact) mass is 428 g/mol. The number of aryl methyl sites for hydroxylation is 1. The fraction of sp³-hybridized carbons (Fsp3) is 0.588. The van der Waals surface area contributed by atoms with Gasteiger partial charge in [-0.15, -0.1) is 0 Å². The molecular formula is C17H25ClN6O3S. The second-order valence-corrected chi connectivity index (χ2v) is 9.47. The van der Waals surface area contributed by atoms with Gasteiger partial charge in [0, 0.05) is 38.1 Å². The molecular weight excluding hydrogens is 404 g/mol. The van der Waals surface area contributed by atoms with E-state index in [1.54, 1.807) is 15.2 Å². The normalized spacial score (nSPS) is 18.2. The van der Waals surface area contributed by atoms with Crippen LogP contribution < -0.4 is 5.32 Å². The molecule has 1 aliphatic heterocycles. The maximum Gasteiger partial charge on any atom is 0.304 e. The first-order valence-electron chi connectivity index (χ1n) is 9.30. The van der Waals surface area contributed by atoms with E-state index in [-0.39, 0.29) is 12.2 Å². The summed E-state index contributed by atoms with van der Waals surface area (Å²) in [5.74, 6) is -0.776. The lowest BCUT2D eigenvalue weighted by atomic mass is 9.98. The van der Waals surface area contributed by atoms with E-state index < -0.39 is 15.9 Å². The topological polar surface area (TPSA) is 124 Å². The molecule has 3 heterocycles. The molecule has 0 amide bonds. The van der Waals surface area contributed by atoms with Crippen molar-refractivity contribution in [3.05, 3.63) is 17.4 Å². The van der Waals surface area contributed by atoms with Gasteiger partial charge in [0.2, 0.25) is 0 Å². The quantitative estimate of drug-likeness (QED) is 0.593. The zero-order valence-electron chi connectivity index (χ0n) is 15.7. The highest BCUT2D eigenvalue weighted by atomic mass is 35.5. The summed E-state index contributed by atoms with van der Waals surface area (Å²) in [6.07, 6.45) is 3.08. The van der Waals surface area contributed by atoms with Crippen molar-refractivity contribution in [1.29, 1.82) is 4.78 Å². The van der Waals surface area contributed by atoms with Crippen LogP contribution in [0, 0.1) is 10.7 Å². The fourth-order valence-corrected chi connectivity index (χ4v) is 5.23. The molecule has 1 saturated heterocycles. The minimum Gasteiger partial charge on any atom is -0.481 e. The van der Waals surface area contributed by atoms with Crippen molar-refractivity contribution in [3.63, 3.8) is 0 Å². The standard InChI is InChI=1S/C17H25ClN6O3S/c1-2-24-17-15(16(18)22-24)13(3-7-20-17)21-11-12-4-8-23(9-5-12)28(19,27)10-6-14(25)26/h3,7,12,19H,2,4-6,8-11H2,1H3,(H,20,21)(H,25,26). The van der Waals surface area contributed by atoms with Crippen LogP contribution in [0.2, 0.25) is 5.15 Å². The molecule has 0 aromatic carbocycles. The van der Waals surface area contributed by atoms with Gasteiger partial charge < -0.3 is 10.4 Å². The van der Waals surface area contributed by atoms with E-state index in [9.17, 15) is 9.00 Å². The lowest BCUT2D eigenvalue weighted by Gasteiger charge is -2.33. The summed E-state index contributed by atoms with van der Waals surface area (Å²) in [5.41, 5.74) is 1.64. The minimum absolute atomic E-state index is 0.125. The Morgan fingerprint density at radius 2 is 2.18 bits per heavy atom. The molecule has 28 heavy (non-hydrogen) atoms. The second-order valence-electron chi connectivity index (χ2n) is 6.91. The summed E-state index contributed by atoms with van der Waals surface area (Å²) in [6, 6.07) is 1.88. The summed E-state index contributed by atoms with van der Waals surface area (Å²) < 4.78 is 23.8. The molecule has 0 saturated carbocycles. The second kappa shape index (κ2) is 8.62. The van der Waals surface area contributed by atoms with E-state index in [0.29, 0.717) is 30.7 Å². The van der Waals surface area contributed by atoms with Gasteiger partial charge in [-0.25, -0.2) is 23.0 Å². The number of nitrogens with one attached hydrogen (secondary N) is 2. The number of rotatable bonds is 8. The Balaban J connectivity index is 1.58. The molecule has 1 fully saturated rings. The van der Waals surface area contributed by atoms with Gasteiger partial charge in [0.1, 0.15) is 9.92 Å². The van der Waals surface area contributed by atoms with Crippen LogP contribution >= 0.6 is 11.6 Å². The van der Waals surface area contributed by atoms with Gasteiger partial charge in [0.15, 0.2) is 10.8 Å². The number of aromatic nitrogens is 3. The summed E-state index contributed by atoms with van der Waals surface area (Å²) >= 11 is 6.29. The van der Waals surface area contributed by atoms with Gasteiger partial charge in [0.05, 0.1) is 17.6 Å². The highest BCUT2D eigenvalue weighted by molar-refractivity contribution is 7.90. The molecule has 0 spiro atoms. The number of piperidine rings is 1. The number of carboxylic acids is 1. The first-order valence-corrected chi connectivity index (χ1v) is 11.4. The molecule has 11 heteroatoms. The molecule has 1 unspecified atom stereocenters. The molecule has 2 aromatic heterocycles. The molecule has 2 aromatic rings. The zero-order chi connectivity index (χ0) is 20.3. The van der Waals surface area contributed by atoms with Crippen molar-refractivity contribution in [2.24, 2.45) is 5.92 Å². The van der Waals surface area contributed by atoms with Gasteiger partial charge in [-0.05, 0) is 31.7 Å². The highest BCUT2D eigenvalue weighted by Crippen LogP contribution is 2.29. The van der Waals surface area contributed by atoms with Gasteiger partial charge in [-0.2, -0.15) is 5.10 Å². The molecule has 9 nitrogen and oxygen atoms in total. The van der Waals surface area contributed by atoms with E-state index in [1.165, 1.54) is 0 Å². The summed E-state index contributed by atoms with van der Waals surface area (Å²) in [6.45, 7) is 4.48. The van der Waals surface area contributed by atoms with E-state index in [1.807, 2.05) is 13.0 Å². The van der Waals surface area contributed by atoms with Crippen LogP contribution in [0.25, 0.3) is 11.0 Å². The first-order chi connectivity index (χ1) is 13.3. The first kappa shape index (κ1) is 20.8. The molecule has 0 bridgehead atoms. The number of carboxylic acid groups (broad SMARTS) is 1. The molecule has 154 valence electrons. The molecule has 3 rings (SSSR count). The number of fused-ring (bicyclic) bond motifs is 1. The van der Waals surface area contributed by atoms with Crippen molar-refractivity contribution < 1.29 is 14.1 Å². The molecule has 3 N–H and O–H groups in total. The minimum atomic E-state index is -3.01. The number of anilines is 1. The Bertz CT molecular complexity index is 953. The highest BCUT2D eigenvalue weighted by Gasteiger charge is 2.26. The van der Waals surface area contributed by atoms with Crippen LogP contribution in [0.15, 0.2) is 12.3 Å². The predicted octanol–water partition coefficient (Wildman–Crippen LogP) is 2.66. The average Bonchev–Trinajstić information content (AvgIpc) is 3.02. The van der Waals surface area contributed by atoms with Gasteiger partial charge in [-0.1, -0.05) is 11.6 Å². The van der Waals surface area contributed by atoms with E-state index in [0.717, 1.165) is 36.1 Å². The lowest BCUT2D eigenvalue weighted by molar-refractivity contribution is -0.136. The van der Waals surface area contributed by atoms with Crippen LogP contribution in [-0.4, -0.2) is 59.7 Å². The smallest absolute Gasteiger partial charge is 0.304 e. The average molecular weight is 429 g/mol. The maximum atomic E-state index is 12.4. The Morgan fingerprint density at radius 3 is 2.82 bits per heavy atom. The number of carbonyl (C=O) groups is 1. The third-order valence-electron chi connectivity index (χ3n) is 5.05.